The fraction of sp³-hybridized carbons (Fsp3) is 0.316. The summed E-state index contributed by atoms with van der Waals surface area (Å²) in [5.74, 6) is -2.08. The number of rotatable bonds is 7. The van der Waals surface area contributed by atoms with Crippen LogP contribution in [0.2, 0.25) is 0 Å². The highest BCUT2D eigenvalue weighted by molar-refractivity contribution is 7.92. The van der Waals surface area contributed by atoms with Crippen molar-refractivity contribution in [3.05, 3.63) is 74.0 Å². The Morgan fingerprint density at radius 3 is 2.52 bits per heavy atom. The maximum Gasteiger partial charge on any atom is 0.334 e. The minimum atomic E-state index is -3.75. The van der Waals surface area contributed by atoms with E-state index in [0.29, 0.717) is 22.5 Å². The number of dihydropyridines is 1. The summed E-state index contributed by atoms with van der Waals surface area (Å²) in [7, 11) is -3.75. The van der Waals surface area contributed by atoms with Gasteiger partial charge >= 0.3 is 5.97 Å². The number of benzene rings is 1. The molecule has 0 spiro atoms. The second-order valence-electron chi connectivity index (χ2n) is 6.95. The van der Waals surface area contributed by atoms with Crippen LogP contribution in [0.3, 0.4) is 0 Å². The van der Waals surface area contributed by atoms with Crippen molar-refractivity contribution in [3.8, 4) is 0 Å². The molecule has 0 saturated heterocycles. The van der Waals surface area contributed by atoms with Crippen molar-refractivity contribution < 1.29 is 23.2 Å². The first-order chi connectivity index (χ1) is 13.4. The number of sulfonamides is 1. The molecule has 9 nitrogen and oxygen atoms in total. The van der Waals surface area contributed by atoms with Crippen LogP contribution in [0.15, 0.2) is 58.3 Å². The van der Waals surface area contributed by atoms with Gasteiger partial charge in [0.15, 0.2) is 0 Å². The zero-order chi connectivity index (χ0) is 21.9. The topological polar surface area (TPSA) is 139 Å². The van der Waals surface area contributed by atoms with Crippen LogP contribution in [0, 0.1) is 10.1 Å². The summed E-state index contributed by atoms with van der Waals surface area (Å²) in [4.78, 5) is 22.6. The Balaban J connectivity index is 2.64. The maximum absolute atomic E-state index is 12.2. The van der Waals surface area contributed by atoms with Crippen molar-refractivity contribution in [1.29, 1.82) is 0 Å². The molecule has 1 aromatic rings. The van der Waals surface area contributed by atoms with Gasteiger partial charge in [-0.15, -0.1) is 0 Å². The lowest BCUT2D eigenvalue weighted by Crippen LogP contribution is -2.29. The number of non-ortho nitro benzene ring substituents is 1. The van der Waals surface area contributed by atoms with E-state index in [4.69, 9.17) is 0 Å². The molecular formula is C19H23N3O6S. The van der Waals surface area contributed by atoms with Crippen molar-refractivity contribution in [3.63, 3.8) is 0 Å². The molecule has 0 radical (unpaired) electrons. The van der Waals surface area contributed by atoms with E-state index in [-0.39, 0.29) is 17.3 Å². The number of nitrogens with one attached hydrogen (secondary N) is 2. The van der Waals surface area contributed by atoms with Gasteiger partial charge in [-0.2, -0.15) is 0 Å². The predicted octanol–water partition coefficient (Wildman–Crippen LogP) is 2.76. The van der Waals surface area contributed by atoms with Crippen LogP contribution in [-0.2, 0) is 14.8 Å². The van der Waals surface area contributed by atoms with Crippen LogP contribution in [0.25, 0.3) is 0 Å². The number of hydrogen-bond acceptors (Lipinski definition) is 6. The average Bonchev–Trinajstić information content (AvgIpc) is 2.58. The number of hydrogen-bond donors (Lipinski definition) is 3. The number of nitro groups is 1. The van der Waals surface area contributed by atoms with Crippen molar-refractivity contribution in [2.45, 2.75) is 39.7 Å². The Hall–Kier alpha value is -2.98. The first kappa shape index (κ1) is 22.3. The van der Waals surface area contributed by atoms with Gasteiger partial charge in [0.2, 0.25) is 10.0 Å². The zero-order valence-corrected chi connectivity index (χ0v) is 17.3. The van der Waals surface area contributed by atoms with Crippen LogP contribution in [0.4, 0.5) is 5.69 Å². The number of aliphatic carboxylic acids is 1. The molecule has 0 amide bonds. The van der Waals surface area contributed by atoms with Gasteiger partial charge in [0.1, 0.15) is 0 Å². The normalized spacial score (nSPS) is 17.8. The molecule has 0 aromatic heterocycles. The van der Waals surface area contributed by atoms with Crippen LogP contribution in [-0.4, -0.2) is 30.5 Å². The number of allylic oxidation sites excluding steroid dienone is 4. The SMILES string of the molecule is CC1=C(/C=C/S(=O)(=O)NC(C)C)C(c2cccc([N+](=O)[O-])c2)C(C(=O)O)=C(C)N1. The molecule has 29 heavy (non-hydrogen) atoms. The van der Waals surface area contributed by atoms with Crippen LogP contribution >= 0.6 is 0 Å². The van der Waals surface area contributed by atoms with Gasteiger partial charge in [-0.25, -0.2) is 17.9 Å². The fourth-order valence-electron chi connectivity index (χ4n) is 3.21. The Bertz CT molecular complexity index is 1040. The van der Waals surface area contributed by atoms with E-state index in [1.807, 2.05) is 0 Å². The molecule has 1 aliphatic heterocycles. The molecule has 0 saturated carbocycles. The Kier molecular flexibility index (Phi) is 6.60. The van der Waals surface area contributed by atoms with Crippen LogP contribution < -0.4 is 10.0 Å². The number of carboxylic acids is 1. The summed E-state index contributed by atoms with van der Waals surface area (Å²) in [6.45, 7) is 6.64. The molecular weight excluding hydrogens is 398 g/mol. The van der Waals surface area contributed by atoms with E-state index in [0.717, 1.165) is 5.41 Å². The quantitative estimate of drug-likeness (QED) is 0.454. The summed E-state index contributed by atoms with van der Waals surface area (Å²) in [5, 5.41) is 24.9. The van der Waals surface area contributed by atoms with Crippen molar-refractivity contribution >= 4 is 21.7 Å². The number of carboxylic acid groups (broad SMARTS) is 1. The average molecular weight is 421 g/mol. The summed E-state index contributed by atoms with van der Waals surface area (Å²) >= 11 is 0. The van der Waals surface area contributed by atoms with Gasteiger partial charge in [-0.05, 0) is 44.9 Å². The lowest BCUT2D eigenvalue weighted by Gasteiger charge is -2.29. The fourth-order valence-corrected chi connectivity index (χ4v) is 4.27. The third kappa shape index (κ3) is 5.30. The van der Waals surface area contributed by atoms with Crippen molar-refractivity contribution in [2.75, 3.05) is 0 Å². The lowest BCUT2D eigenvalue weighted by atomic mass is 9.80. The van der Waals surface area contributed by atoms with Gasteiger partial charge in [0, 0.05) is 40.9 Å². The zero-order valence-electron chi connectivity index (χ0n) is 16.5. The summed E-state index contributed by atoms with van der Waals surface area (Å²) in [6, 6.07) is 5.35. The smallest absolute Gasteiger partial charge is 0.334 e. The highest BCUT2D eigenvalue weighted by Crippen LogP contribution is 2.39. The van der Waals surface area contributed by atoms with Crippen molar-refractivity contribution in [1.82, 2.24) is 10.0 Å². The Morgan fingerprint density at radius 1 is 1.31 bits per heavy atom. The summed E-state index contributed by atoms with van der Waals surface area (Å²) in [6.07, 6.45) is 1.33. The van der Waals surface area contributed by atoms with E-state index < -0.39 is 26.8 Å². The first-order valence-corrected chi connectivity index (χ1v) is 10.3. The van der Waals surface area contributed by atoms with Gasteiger partial charge in [0.25, 0.3) is 5.69 Å². The number of carbonyl (C=O) groups is 1. The minimum Gasteiger partial charge on any atom is -0.478 e. The van der Waals surface area contributed by atoms with Crippen LogP contribution in [0.5, 0.6) is 0 Å². The van der Waals surface area contributed by atoms with Gasteiger partial charge in [0.05, 0.1) is 10.5 Å². The summed E-state index contributed by atoms with van der Waals surface area (Å²) < 4.78 is 26.8. The standard InChI is InChI=1S/C19H23N3O6S/c1-11(2)21-29(27,28)9-8-16-12(3)20-13(4)17(19(23)24)18(16)14-6-5-7-15(10-14)22(25)26/h5-11,18,20-21H,1-4H3,(H,23,24)/b9-8+. The largest absolute Gasteiger partial charge is 0.478 e. The van der Waals surface area contributed by atoms with Gasteiger partial charge < -0.3 is 10.4 Å². The highest BCUT2D eigenvalue weighted by Gasteiger charge is 2.33. The van der Waals surface area contributed by atoms with Crippen molar-refractivity contribution in [2.24, 2.45) is 0 Å². The second kappa shape index (κ2) is 8.58. The van der Waals surface area contributed by atoms with Gasteiger partial charge in [-0.1, -0.05) is 12.1 Å². The minimum absolute atomic E-state index is 0.00929. The molecule has 1 aliphatic rings. The van der Waals surface area contributed by atoms with E-state index in [1.165, 1.54) is 24.3 Å². The predicted molar refractivity (Wildman–Crippen MR) is 108 cm³/mol. The molecule has 0 fully saturated rings. The highest BCUT2D eigenvalue weighted by atomic mass is 32.2. The second-order valence-corrected chi connectivity index (χ2v) is 8.55. The third-order valence-electron chi connectivity index (χ3n) is 4.28. The molecule has 2 rings (SSSR count). The molecule has 3 N–H and O–H groups in total. The van der Waals surface area contributed by atoms with E-state index in [1.54, 1.807) is 33.8 Å². The van der Waals surface area contributed by atoms with Gasteiger partial charge in [-0.3, -0.25) is 10.1 Å². The Labute approximate surface area is 169 Å². The molecule has 156 valence electrons. The van der Waals surface area contributed by atoms with E-state index >= 15 is 0 Å². The summed E-state index contributed by atoms with van der Waals surface area (Å²) in [5.41, 5.74) is 1.52. The Morgan fingerprint density at radius 2 is 1.97 bits per heavy atom. The molecule has 1 aromatic carbocycles. The molecule has 0 aliphatic carbocycles. The molecule has 1 heterocycles. The molecule has 0 bridgehead atoms. The first-order valence-electron chi connectivity index (χ1n) is 8.79. The van der Waals surface area contributed by atoms with E-state index in [2.05, 4.69) is 10.0 Å². The third-order valence-corrected chi connectivity index (χ3v) is 5.58. The monoisotopic (exact) mass is 421 g/mol. The maximum atomic E-state index is 12.2. The molecule has 10 heteroatoms. The molecule has 1 unspecified atom stereocenters. The number of nitro benzene ring substituents is 1. The molecule has 1 atom stereocenters. The van der Waals surface area contributed by atoms with E-state index in [9.17, 15) is 28.4 Å². The van der Waals surface area contributed by atoms with Crippen LogP contribution in [0.1, 0.15) is 39.2 Å². The lowest BCUT2D eigenvalue weighted by molar-refractivity contribution is -0.384. The number of nitrogens with zero attached hydrogens (tertiary/aromatic N) is 1.